The third-order valence-electron chi connectivity index (χ3n) is 3.26. The van der Waals surface area contributed by atoms with Crippen molar-refractivity contribution in [1.29, 1.82) is 0 Å². The van der Waals surface area contributed by atoms with Crippen molar-refractivity contribution in [2.45, 2.75) is 19.6 Å². The normalized spacial score (nSPS) is 11.1. The van der Waals surface area contributed by atoms with E-state index in [4.69, 9.17) is 10.2 Å². The molecule has 0 spiro atoms. The molecule has 2 aromatic heterocycles. The molecule has 0 saturated carbocycles. The molecule has 8 heteroatoms. The van der Waals surface area contributed by atoms with Crippen LogP contribution in [0, 0.1) is 0 Å². The number of nitrogens with two attached hydrogens (primary N) is 1. The number of hydrogen-bond acceptors (Lipinski definition) is 4. The van der Waals surface area contributed by atoms with Crippen LogP contribution in [0.25, 0.3) is 0 Å². The Bertz CT molecular complexity index is 755. The van der Waals surface area contributed by atoms with Gasteiger partial charge < -0.3 is 15.5 Å². The van der Waals surface area contributed by atoms with Gasteiger partial charge in [0.15, 0.2) is 5.96 Å². The maximum absolute atomic E-state index is 5.86. The summed E-state index contributed by atoms with van der Waals surface area (Å²) in [5, 5.41) is 7.12. The number of aromatic nitrogens is 3. The van der Waals surface area contributed by atoms with Crippen molar-refractivity contribution in [3.63, 3.8) is 0 Å². The fourth-order valence-corrected chi connectivity index (χ4v) is 2.15. The van der Waals surface area contributed by atoms with E-state index >= 15 is 0 Å². The number of rotatable bonds is 6. The van der Waals surface area contributed by atoms with Crippen LogP contribution in [0.4, 0.5) is 0 Å². The quantitative estimate of drug-likeness (QED) is 0.350. The van der Waals surface area contributed by atoms with Crippen LogP contribution in [0.2, 0.25) is 0 Å². The third-order valence-corrected chi connectivity index (χ3v) is 3.26. The Labute approximate surface area is 157 Å². The summed E-state index contributed by atoms with van der Waals surface area (Å²) < 4.78 is 7.01. The van der Waals surface area contributed by atoms with Crippen molar-refractivity contribution in [3.8, 4) is 0 Å². The first kappa shape index (κ1) is 18.0. The van der Waals surface area contributed by atoms with Gasteiger partial charge in [-0.2, -0.15) is 5.10 Å². The van der Waals surface area contributed by atoms with Crippen LogP contribution in [0.1, 0.15) is 16.9 Å². The smallest absolute Gasteiger partial charge is 0.189 e. The molecule has 24 heavy (non-hydrogen) atoms. The van der Waals surface area contributed by atoms with Gasteiger partial charge in [-0.3, -0.25) is 0 Å². The van der Waals surface area contributed by atoms with Gasteiger partial charge in [0.1, 0.15) is 18.4 Å². The van der Waals surface area contributed by atoms with Gasteiger partial charge in [0.05, 0.1) is 25.9 Å². The maximum atomic E-state index is 5.86. The largest absolute Gasteiger partial charge is 0.467 e. The molecule has 0 radical (unpaired) electrons. The van der Waals surface area contributed by atoms with E-state index in [0.29, 0.717) is 25.6 Å². The monoisotopic (exact) mass is 438 g/mol. The van der Waals surface area contributed by atoms with Gasteiger partial charge in [-0.1, -0.05) is 24.3 Å². The summed E-state index contributed by atoms with van der Waals surface area (Å²) in [5.41, 5.74) is 8.09. The highest BCUT2D eigenvalue weighted by Crippen LogP contribution is 2.08. The molecule has 7 nitrogen and oxygen atoms in total. The average Bonchev–Trinajstić information content (AvgIpc) is 3.25. The van der Waals surface area contributed by atoms with Crippen molar-refractivity contribution >= 4 is 29.9 Å². The number of guanidine groups is 1. The predicted molar refractivity (Wildman–Crippen MR) is 102 cm³/mol. The minimum Gasteiger partial charge on any atom is -0.467 e. The summed E-state index contributed by atoms with van der Waals surface area (Å²) >= 11 is 0. The fourth-order valence-electron chi connectivity index (χ4n) is 2.15. The lowest BCUT2D eigenvalue weighted by Crippen LogP contribution is -2.30. The van der Waals surface area contributed by atoms with E-state index in [9.17, 15) is 0 Å². The maximum Gasteiger partial charge on any atom is 0.189 e. The average molecular weight is 438 g/mol. The molecule has 0 aliphatic carbocycles. The summed E-state index contributed by atoms with van der Waals surface area (Å²) in [7, 11) is 0. The van der Waals surface area contributed by atoms with Gasteiger partial charge in [0.2, 0.25) is 0 Å². The molecule has 3 aromatic rings. The van der Waals surface area contributed by atoms with E-state index in [1.807, 2.05) is 30.3 Å². The number of furan rings is 1. The molecule has 0 fully saturated rings. The molecule has 0 unspecified atom stereocenters. The second kappa shape index (κ2) is 9.06. The van der Waals surface area contributed by atoms with Crippen LogP contribution in [0.3, 0.4) is 0 Å². The van der Waals surface area contributed by atoms with E-state index in [0.717, 1.165) is 16.9 Å². The predicted octanol–water partition coefficient (Wildman–Crippen LogP) is 2.14. The van der Waals surface area contributed by atoms with Gasteiger partial charge in [-0.15, -0.1) is 24.0 Å². The summed E-state index contributed by atoms with van der Waals surface area (Å²) in [6, 6.07) is 11.9. The number of hydrogen-bond donors (Lipinski definition) is 2. The Morgan fingerprint density at radius 3 is 2.88 bits per heavy atom. The van der Waals surface area contributed by atoms with Gasteiger partial charge in [0, 0.05) is 0 Å². The van der Waals surface area contributed by atoms with E-state index in [1.54, 1.807) is 17.3 Å². The lowest BCUT2D eigenvalue weighted by Gasteiger charge is -2.05. The SMILES string of the molecule is I.NC(=NCc1cccc(Cn2cncn2)c1)NCc1ccco1. The van der Waals surface area contributed by atoms with Crippen molar-refractivity contribution in [3.05, 3.63) is 72.2 Å². The van der Waals surface area contributed by atoms with Gasteiger partial charge in [-0.25, -0.2) is 14.7 Å². The van der Waals surface area contributed by atoms with Crippen LogP contribution in [0.15, 0.2) is 64.7 Å². The second-order valence-electron chi connectivity index (χ2n) is 5.05. The van der Waals surface area contributed by atoms with Crippen molar-refractivity contribution < 1.29 is 4.42 Å². The molecule has 1 aromatic carbocycles. The third kappa shape index (κ3) is 5.37. The minimum atomic E-state index is 0. The van der Waals surface area contributed by atoms with Gasteiger partial charge >= 0.3 is 0 Å². The number of benzene rings is 1. The molecule has 126 valence electrons. The highest BCUT2D eigenvalue weighted by atomic mass is 127. The molecular weight excluding hydrogens is 419 g/mol. The fraction of sp³-hybridized carbons (Fsp3) is 0.188. The van der Waals surface area contributed by atoms with E-state index < -0.39 is 0 Å². The summed E-state index contributed by atoms with van der Waals surface area (Å²) in [6.45, 7) is 1.72. The first-order valence-electron chi connectivity index (χ1n) is 7.26. The number of aliphatic imine (C=N–C) groups is 1. The lowest BCUT2D eigenvalue weighted by molar-refractivity contribution is 0.502. The zero-order valence-corrected chi connectivity index (χ0v) is 15.3. The van der Waals surface area contributed by atoms with Gasteiger partial charge in [0.25, 0.3) is 0 Å². The van der Waals surface area contributed by atoms with E-state index in [1.165, 1.54) is 6.33 Å². The van der Waals surface area contributed by atoms with Crippen LogP contribution in [-0.2, 0) is 19.6 Å². The Morgan fingerprint density at radius 1 is 1.25 bits per heavy atom. The molecule has 2 heterocycles. The van der Waals surface area contributed by atoms with Crippen LogP contribution >= 0.6 is 24.0 Å². The Hall–Kier alpha value is -2.36. The van der Waals surface area contributed by atoms with Crippen molar-refractivity contribution in [2.75, 3.05) is 0 Å². The first-order chi connectivity index (χ1) is 11.3. The number of nitrogens with one attached hydrogen (secondary N) is 1. The summed E-state index contributed by atoms with van der Waals surface area (Å²) in [4.78, 5) is 8.28. The van der Waals surface area contributed by atoms with Crippen molar-refractivity contribution in [2.24, 2.45) is 10.7 Å². The Morgan fingerprint density at radius 2 is 2.12 bits per heavy atom. The molecule has 0 atom stereocenters. The zero-order valence-electron chi connectivity index (χ0n) is 13.0. The number of nitrogens with zero attached hydrogens (tertiary/aromatic N) is 4. The summed E-state index contributed by atoms with van der Waals surface area (Å²) in [5.74, 6) is 1.21. The molecule has 0 amide bonds. The highest BCUT2D eigenvalue weighted by Gasteiger charge is 2.00. The number of halogens is 1. The Balaban J connectivity index is 0.00000208. The van der Waals surface area contributed by atoms with E-state index in [-0.39, 0.29) is 24.0 Å². The minimum absolute atomic E-state index is 0. The topological polar surface area (TPSA) is 94.3 Å². The molecular formula is C16H19IN6O. The lowest BCUT2D eigenvalue weighted by atomic mass is 10.1. The van der Waals surface area contributed by atoms with Crippen molar-refractivity contribution in [1.82, 2.24) is 20.1 Å². The highest BCUT2D eigenvalue weighted by molar-refractivity contribution is 14.0. The standard InChI is InChI=1S/C16H18N6O.HI/c17-16(20-9-15-5-2-6-23-15)19-8-13-3-1-4-14(7-13)10-22-12-18-11-21-22;/h1-7,11-12H,8-10H2,(H3,17,19,20);1H. The van der Waals surface area contributed by atoms with Crippen LogP contribution in [-0.4, -0.2) is 20.7 Å². The first-order valence-corrected chi connectivity index (χ1v) is 7.26. The molecule has 3 N–H and O–H groups in total. The van der Waals surface area contributed by atoms with Crippen LogP contribution in [0.5, 0.6) is 0 Å². The zero-order chi connectivity index (χ0) is 15.9. The molecule has 3 rings (SSSR count). The molecule has 0 saturated heterocycles. The Kier molecular flexibility index (Phi) is 6.79. The molecule has 0 aliphatic heterocycles. The van der Waals surface area contributed by atoms with Crippen LogP contribution < -0.4 is 11.1 Å². The second-order valence-corrected chi connectivity index (χ2v) is 5.05. The van der Waals surface area contributed by atoms with Gasteiger partial charge in [-0.05, 0) is 23.3 Å². The van der Waals surface area contributed by atoms with E-state index in [2.05, 4.69) is 26.5 Å². The molecule has 0 aliphatic rings. The summed E-state index contributed by atoms with van der Waals surface area (Å²) in [6.07, 6.45) is 4.85. The molecule has 0 bridgehead atoms.